The molecule has 0 radical (unpaired) electrons. The van der Waals surface area contributed by atoms with Crippen LogP contribution in [0.25, 0.3) is 0 Å². The standard InChI is InChI=1S/C17H25F2NO2/c1-3-4-11-5-7-12(8-6-11)17(21)22-13-9-14(18)16(20-2)15(19)10-13/h3-4,11-16H,2,5-10H2,1H3/b4-3+. The van der Waals surface area contributed by atoms with E-state index in [-0.39, 0.29) is 24.7 Å². The first-order valence-electron chi connectivity index (χ1n) is 8.12. The van der Waals surface area contributed by atoms with Crippen LogP contribution in [-0.4, -0.2) is 37.2 Å². The highest BCUT2D eigenvalue weighted by atomic mass is 19.1. The fourth-order valence-electron chi connectivity index (χ4n) is 3.51. The van der Waals surface area contributed by atoms with Gasteiger partial charge in [0.05, 0.1) is 5.92 Å². The lowest BCUT2D eigenvalue weighted by Gasteiger charge is -2.33. The molecule has 0 amide bonds. The van der Waals surface area contributed by atoms with Gasteiger partial charge in [-0.25, -0.2) is 8.78 Å². The second-order valence-electron chi connectivity index (χ2n) is 6.37. The van der Waals surface area contributed by atoms with Gasteiger partial charge in [0.25, 0.3) is 0 Å². The van der Waals surface area contributed by atoms with E-state index in [1.165, 1.54) is 0 Å². The molecule has 2 fully saturated rings. The van der Waals surface area contributed by atoms with Crippen LogP contribution in [0.1, 0.15) is 45.4 Å². The molecule has 0 aromatic carbocycles. The van der Waals surface area contributed by atoms with E-state index in [4.69, 9.17) is 4.74 Å². The predicted octanol–water partition coefficient (Wildman–Crippen LogP) is 3.82. The average molecular weight is 313 g/mol. The predicted molar refractivity (Wildman–Crippen MR) is 82.5 cm³/mol. The van der Waals surface area contributed by atoms with Crippen LogP contribution in [0.5, 0.6) is 0 Å². The molecule has 0 aromatic rings. The number of nitrogens with zero attached hydrogens (tertiary/aromatic N) is 1. The number of rotatable bonds is 4. The second-order valence-corrected chi connectivity index (χ2v) is 6.37. The van der Waals surface area contributed by atoms with Crippen LogP contribution in [0.2, 0.25) is 0 Å². The maximum absolute atomic E-state index is 13.8. The summed E-state index contributed by atoms with van der Waals surface area (Å²) in [5.41, 5.74) is 0. The van der Waals surface area contributed by atoms with Gasteiger partial charge in [0, 0.05) is 12.8 Å². The first-order valence-corrected chi connectivity index (χ1v) is 8.12. The Morgan fingerprint density at radius 3 is 2.27 bits per heavy atom. The molecule has 2 aliphatic rings. The first-order chi connectivity index (χ1) is 10.5. The van der Waals surface area contributed by atoms with E-state index in [2.05, 4.69) is 17.8 Å². The molecule has 0 bridgehead atoms. The lowest BCUT2D eigenvalue weighted by Crippen LogP contribution is -2.43. The van der Waals surface area contributed by atoms with Crippen molar-refractivity contribution in [3.05, 3.63) is 12.2 Å². The summed E-state index contributed by atoms with van der Waals surface area (Å²) in [4.78, 5) is 15.7. The van der Waals surface area contributed by atoms with Crippen LogP contribution in [0.15, 0.2) is 17.1 Å². The maximum Gasteiger partial charge on any atom is 0.309 e. The molecule has 0 heterocycles. The summed E-state index contributed by atoms with van der Waals surface area (Å²) < 4.78 is 33.0. The molecule has 2 atom stereocenters. The molecule has 2 aliphatic carbocycles. The summed E-state index contributed by atoms with van der Waals surface area (Å²) in [6.45, 7) is 5.22. The van der Waals surface area contributed by atoms with Crippen molar-refractivity contribution < 1.29 is 18.3 Å². The number of halogens is 2. The highest BCUT2D eigenvalue weighted by Gasteiger charge is 2.40. The number of hydrogen-bond donors (Lipinski definition) is 0. The Hall–Kier alpha value is -1.26. The minimum atomic E-state index is -1.43. The summed E-state index contributed by atoms with van der Waals surface area (Å²) in [7, 11) is 0. The molecule has 124 valence electrons. The fraction of sp³-hybridized carbons (Fsp3) is 0.765. The molecular weight excluding hydrogens is 288 g/mol. The number of esters is 1. The number of aliphatic imine (C=N–C) groups is 1. The molecule has 0 aliphatic heterocycles. The van der Waals surface area contributed by atoms with Gasteiger partial charge < -0.3 is 4.74 Å². The molecule has 2 saturated carbocycles. The van der Waals surface area contributed by atoms with Crippen molar-refractivity contribution in [3.63, 3.8) is 0 Å². The van der Waals surface area contributed by atoms with E-state index in [1.54, 1.807) is 0 Å². The highest BCUT2D eigenvalue weighted by Crippen LogP contribution is 2.33. The SMILES string of the molecule is C=NC1C(F)CC(OC(=O)C2CCC(/C=C/C)CC2)CC1F. The zero-order chi connectivity index (χ0) is 16.1. The van der Waals surface area contributed by atoms with Crippen molar-refractivity contribution in [2.75, 3.05) is 0 Å². The Labute approximate surface area is 130 Å². The van der Waals surface area contributed by atoms with Gasteiger partial charge in [-0.05, 0) is 45.2 Å². The molecule has 0 saturated heterocycles. The minimum Gasteiger partial charge on any atom is -0.462 e. The smallest absolute Gasteiger partial charge is 0.309 e. The molecule has 0 N–H and O–H groups in total. The van der Waals surface area contributed by atoms with Crippen molar-refractivity contribution in [2.45, 2.75) is 69.9 Å². The Balaban J connectivity index is 1.82. The Bertz CT molecular complexity index is 407. The monoisotopic (exact) mass is 313 g/mol. The van der Waals surface area contributed by atoms with Crippen molar-refractivity contribution in [1.82, 2.24) is 0 Å². The Morgan fingerprint density at radius 2 is 1.77 bits per heavy atom. The minimum absolute atomic E-state index is 0.0176. The number of carbonyl (C=O) groups excluding carboxylic acids is 1. The van der Waals surface area contributed by atoms with Gasteiger partial charge in [0.1, 0.15) is 24.5 Å². The van der Waals surface area contributed by atoms with E-state index in [1.807, 2.05) is 13.0 Å². The lowest BCUT2D eigenvalue weighted by atomic mass is 9.82. The molecule has 5 heteroatoms. The molecule has 2 rings (SSSR count). The molecule has 2 unspecified atom stereocenters. The van der Waals surface area contributed by atoms with Crippen LogP contribution < -0.4 is 0 Å². The number of ether oxygens (including phenoxy) is 1. The van der Waals surface area contributed by atoms with Crippen molar-refractivity contribution in [3.8, 4) is 0 Å². The van der Waals surface area contributed by atoms with Gasteiger partial charge in [-0.2, -0.15) is 0 Å². The zero-order valence-electron chi connectivity index (χ0n) is 13.1. The van der Waals surface area contributed by atoms with Gasteiger partial charge >= 0.3 is 5.97 Å². The number of alkyl halides is 2. The topological polar surface area (TPSA) is 38.7 Å². The summed E-state index contributed by atoms with van der Waals surface area (Å²) >= 11 is 0. The van der Waals surface area contributed by atoms with Crippen molar-refractivity contribution >= 4 is 12.7 Å². The maximum atomic E-state index is 13.8. The van der Waals surface area contributed by atoms with E-state index in [0.717, 1.165) is 25.7 Å². The summed E-state index contributed by atoms with van der Waals surface area (Å²) in [6.07, 6.45) is 4.23. The van der Waals surface area contributed by atoms with E-state index in [0.29, 0.717) is 5.92 Å². The van der Waals surface area contributed by atoms with Crippen LogP contribution in [0, 0.1) is 11.8 Å². The largest absolute Gasteiger partial charge is 0.462 e. The molecule has 3 nitrogen and oxygen atoms in total. The van der Waals surface area contributed by atoms with E-state index >= 15 is 0 Å². The Morgan fingerprint density at radius 1 is 1.18 bits per heavy atom. The van der Waals surface area contributed by atoms with Gasteiger partial charge in [-0.3, -0.25) is 9.79 Å². The second kappa shape index (κ2) is 7.84. The number of allylic oxidation sites excluding steroid dienone is 2. The summed E-state index contributed by atoms with van der Waals surface area (Å²) in [5.74, 6) is 0.106. The lowest BCUT2D eigenvalue weighted by molar-refractivity contribution is -0.159. The molecule has 0 spiro atoms. The van der Waals surface area contributed by atoms with Crippen molar-refractivity contribution in [2.24, 2.45) is 16.8 Å². The summed E-state index contributed by atoms with van der Waals surface area (Å²) in [5, 5.41) is 0. The third kappa shape index (κ3) is 4.14. The molecule has 0 aromatic heterocycles. The van der Waals surface area contributed by atoms with Crippen LogP contribution in [-0.2, 0) is 9.53 Å². The van der Waals surface area contributed by atoms with Crippen molar-refractivity contribution in [1.29, 1.82) is 0 Å². The number of hydrogen-bond acceptors (Lipinski definition) is 3. The Kier molecular flexibility index (Phi) is 6.09. The van der Waals surface area contributed by atoms with Gasteiger partial charge in [-0.1, -0.05) is 12.2 Å². The van der Waals surface area contributed by atoms with Crippen LogP contribution >= 0.6 is 0 Å². The third-order valence-corrected chi connectivity index (χ3v) is 4.78. The normalized spacial score (nSPS) is 39.6. The van der Waals surface area contributed by atoms with E-state index < -0.39 is 24.5 Å². The van der Waals surface area contributed by atoms with Gasteiger partial charge in [0.15, 0.2) is 0 Å². The zero-order valence-corrected chi connectivity index (χ0v) is 13.1. The summed E-state index contributed by atoms with van der Waals surface area (Å²) in [6, 6.07) is -1.02. The van der Waals surface area contributed by atoms with Gasteiger partial charge in [-0.15, -0.1) is 0 Å². The van der Waals surface area contributed by atoms with E-state index in [9.17, 15) is 13.6 Å². The third-order valence-electron chi connectivity index (χ3n) is 4.78. The molecule has 22 heavy (non-hydrogen) atoms. The molecular formula is C17H25F2NO2. The average Bonchev–Trinajstić information content (AvgIpc) is 2.48. The first kappa shape index (κ1) is 17.1. The van der Waals surface area contributed by atoms with Crippen LogP contribution in [0.4, 0.5) is 8.78 Å². The number of carbonyl (C=O) groups is 1. The van der Waals surface area contributed by atoms with Gasteiger partial charge in [0.2, 0.25) is 0 Å². The highest BCUT2D eigenvalue weighted by molar-refractivity contribution is 5.72. The fourth-order valence-corrected chi connectivity index (χ4v) is 3.51. The van der Waals surface area contributed by atoms with Crippen LogP contribution in [0.3, 0.4) is 0 Å². The quantitative estimate of drug-likeness (QED) is 0.449.